The first-order chi connectivity index (χ1) is 11.7. The SMILES string of the molecule is COC1CC2(CCC1O)CCN(c1ccc(OC(F)(F)F)cc1)C2=O. The Labute approximate surface area is 143 Å². The summed E-state index contributed by atoms with van der Waals surface area (Å²) >= 11 is 0. The third-order valence-electron chi connectivity index (χ3n) is 5.14. The van der Waals surface area contributed by atoms with Gasteiger partial charge in [-0.15, -0.1) is 13.2 Å². The largest absolute Gasteiger partial charge is 0.573 e. The van der Waals surface area contributed by atoms with Crippen LogP contribution in [0.1, 0.15) is 25.7 Å². The van der Waals surface area contributed by atoms with E-state index in [9.17, 15) is 23.1 Å². The topological polar surface area (TPSA) is 59.0 Å². The highest BCUT2D eigenvalue weighted by Crippen LogP contribution is 2.46. The van der Waals surface area contributed by atoms with Gasteiger partial charge >= 0.3 is 6.36 Å². The van der Waals surface area contributed by atoms with Crippen LogP contribution in [0.5, 0.6) is 5.75 Å². The first-order valence-electron chi connectivity index (χ1n) is 8.13. The zero-order valence-corrected chi connectivity index (χ0v) is 13.8. The first kappa shape index (κ1) is 18.0. The quantitative estimate of drug-likeness (QED) is 0.902. The van der Waals surface area contributed by atoms with E-state index in [0.717, 1.165) is 0 Å². The molecule has 1 aliphatic carbocycles. The summed E-state index contributed by atoms with van der Waals surface area (Å²) in [6.07, 6.45) is -3.52. The molecule has 3 rings (SSSR count). The fourth-order valence-corrected chi connectivity index (χ4v) is 3.79. The van der Waals surface area contributed by atoms with Crippen molar-refractivity contribution in [2.45, 2.75) is 44.3 Å². The minimum atomic E-state index is -4.74. The average Bonchev–Trinajstić information content (AvgIpc) is 2.86. The van der Waals surface area contributed by atoms with E-state index in [2.05, 4.69) is 4.74 Å². The molecule has 0 bridgehead atoms. The number of anilines is 1. The van der Waals surface area contributed by atoms with Crippen molar-refractivity contribution in [1.29, 1.82) is 0 Å². The third kappa shape index (κ3) is 3.59. The van der Waals surface area contributed by atoms with Gasteiger partial charge in [-0.3, -0.25) is 4.79 Å². The van der Waals surface area contributed by atoms with Crippen LogP contribution in [0.25, 0.3) is 0 Å². The van der Waals surface area contributed by atoms with Crippen molar-refractivity contribution in [3.8, 4) is 5.75 Å². The normalized spacial score (nSPS) is 30.1. The Kier molecular flexibility index (Phi) is 4.68. The number of halogens is 3. The second-order valence-electron chi connectivity index (χ2n) is 6.61. The number of ether oxygens (including phenoxy) is 2. The molecule has 138 valence electrons. The molecule has 1 saturated heterocycles. The summed E-state index contributed by atoms with van der Waals surface area (Å²) in [5, 5.41) is 9.95. The van der Waals surface area contributed by atoms with Gasteiger partial charge in [-0.05, 0) is 49.9 Å². The maximum atomic E-state index is 12.9. The van der Waals surface area contributed by atoms with E-state index in [1.165, 1.54) is 31.4 Å². The van der Waals surface area contributed by atoms with Gasteiger partial charge in [-0.2, -0.15) is 0 Å². The Morgan fingerprint density at radius 1 is 1.24 bits per heavy atom. The van der Waals surface area contributed by atoms with Crippen LogP contribution in [0.15, 0.2) is 24.3 Å². The number of benzene rings is 1. The molecule has 1 aromatic rings. The van der Waals surface area contributed by atoms with Gasteiger partial charge in [0.1, 0.15) is 5.75 Å². The summed E-state index contributed by atoms with van der Waals surface area (Å²) in [5.41, 5.74) is -0.0300. The van der Waals surface area contributed by atoms with Crippen LogP contribution < -0.4 is 9.64 Å². The second kappa shape index (κ2) is 6.49. The number of methoxy groups -OCH3 is 1. The number of amides is 1. The van der Waals surface area contributed by atoms with Crippen molar-refractivity contribution in [1.82, 2.24) is 0 Å². The number of carbonyl (C=O) groups excluding carboxylic acids is 1. The lowest BCUT2D eigenvalue weighted by atomic mass is 9.71. The summed E-state index contributed by atoms with van der Waals surface area (Å²) in [7, 11) is 1.52. The molecule has 25 heavy (non-hydrogen) atoms. The molecule has 3 unspecified atom stereocenters. The molecule has 2 aliphatic rings. The van der Waals surface area contributed by atoms with E-state index in [0.29, 0.717) is 37.9 Å². The Morgan fingerprint density at radius 2 is 1.92 bits per heavy atom. The zero-order chi connectivity index (χ0) is 18.2. The van der Waals surface area contributed by atoms with E-state index in [1.54, 1.807) is 4.90 Å². The Hall–Kier alpha value is -1.80. The lowest BCUT2D eigenvalue weighted by Crippen LogP contribution is -2.45. The van der Waals surface area contributed by atoms with Crippen molar-refractivity contribution in [3.05, 3.63) is 24.3 Å². The summed E-state index contributed by atoms with van der Waals surface area (Å²) in [6.45, 7) is 0.491. The minimum Gasteiger partial charge on any atom is -0.406 e. The van der Waals surface area contributed by atoms with Crippen molar-refractivity contribution >= 4 is 11.6 Å². The number of hydrogen-bond acceptors (Lipinski definition) is 4. The smallest absolute Gasteiger partial charge is 0.406 e. The van der Waals surface area contributed by atoms with E-state index in [1.807, 2.05) is 0 Å². The van der Waals surface area contributed by atoms with E-state index in [4.69, 9.17) is 4.74 Å². The van der Waals surface area contributed by atoms with Crippen LogP contribution >= 0.6 is 0 Å². The van der Waals surface area contributed by atoms with Crippen molar-refractivity contribution in [2.75, 3.05) is 18.6 Å². The number of aliphatic hydroxyl groups excluding tert-OH is 1. The third-order valence-corrected chi connectivity index (χ3v) is 5.14. The molecule has 1 N–H and O–H groups in total. The maximum absolute atomic E-state index is 12.9. The van der Waals surface area contributed by atoms with E-state index in [-0.39, 0.29) is 17.8 Å². The van der Waals surface area contributed by atoms with Gasteiger partial charge in [-0.25, -0.2) is 0 Å². The molecular weight excluding hydrogens is 339 g/mol. The lowest BCUT2D eigenvalue weighted by Gasteiger charge is -2.38. The number of aliphatic hydroxyl groups is 1. The van der Waals surface area contributed by atoms with Gasteiger partial charge in [0.25, 0.3) is 0 Å². The van der Waals surface area contributed by atoms with Crippen molar-refractivity contribution < 1.29 is 32.5 Å². The molecule has 8 heteroatoms. The maximum Gasteiger partial charge on any atom is 0.573 e. The fraction of sp³-hybridized carbons (Fsp3) is 0.588. The molecule has 2 fully saturated rings. The van der Waals surface area contributed by atoms with Crippen LogP contribution in [0, 0.1) is 5.41 Å². The first-order valence-corrected chi connectivity index (χ1v) is 8.13. The second-order valence-corrected chi connectivity index (χ2v) is 6.61. The highest BCUT2D eigenvalue weighted by atomic mass is 19.4. The van der Waals surface area contributed by atoms with E-state index < -0.39 is 17.9 Å². The van der Waals surface area contributed by atoms with Crippen LogP contribution in [-0.4, -0.2) is 43.2 Å². The molecule has 1 amide bonds. The molecule has 3 atom stereocenters. The van der Waals surface area contributed by atoms with Gasteiger partial charge < -0.3 is 19.5 Å². The number of hydrogen-bond donors (Lipinski definition) is 1. The molecular formula is C17H20F3NO4. The number of rotatable bonds is 3. The fourth-order valence-electron chi connectivity index (χ4n) is 3.79. The van der Waals surface area contributed by atoms with Crippen LogP contribution in [0.3, 0.4) is 0 Å². The van der Waals surface area contributed by atoms with Crippen LogP contribution in [0.4, 0.5) is 18.9 Å². The van der Waals surface area contributed by atoms with Crippen LogP contribution in [-0.2, 0) is 9.53 Å². The lowest BCUT2D eigenvalue weighted by molar-refractivity contribution is -0.274. The number of carbonyl (C=O) groups is 1. The Bertz CT molecular complexity index is 634. The van der Waals surface area contributed by atoms with E-state index >= 15 is 0 Å². The highest BCUT2D eigenvalue weighted by molar-refractivity contribution is 6.00. The van der Waals surface area contributed by atoms with Gasteiger partial charge in [-0.1, -0.05) is 0 Å². The summed E-state index contributed by atoms with van der Waals surface area (Å²) in [5.74, 6) is -0.385. The predicted octanol–water partition coefficient (Wildman–Crippen LogP) is 2.87. The zero-order valence-electron chi connectivity index (χ0n) is 13.8. The van der Waals surface area contributed by atoms with Crippen LogP contribution in [0.2, 0.25) is 0 Å². The Morgan fingerprint density at radius 3 is 2.52 bits per heavy atom. The van der Waals surface area contributed by atoms with Gasteiger partial charge in [0, 0.05) is 19.3 Å². The standard InChI is InChI=1S/C17H20F3NO4/c1-24-14-10-16(7-6-13(14)22)8-9-21(15(16)23)11-2-4-12(5-3-11)25-17(18,19)20/h2-5,13-14,22H,6-10H2,1H3. The molecule has 1 aliphatic heterocycles. The van der Waals surface area contributed by atoms with Crippen molar-refractivity contribution in [3.63, 3.8) is 0 Å². The van der Waals surface area contributed by atoms with Gasteiger partial charge in [0.05, 0.1) is 17.6 Å². The summed E-state index contributed by atoms with van der Waals surface area (Å²) in [4.78, 5) is 14.5. The molecule has 1 spiro atoms. The molecule has 0 radical (unpaired) electrons. The summed E-state index contributed by atoms with van der Waals surface area (Å²) in [6, 6.07) is 5.29. The van der Waals surface area contributed by atoms with Gasteiger partial charge in [0.2, 0.25) is 5.91 Å². The Balaban J connectivity index is 1.74. The highest BCUT2D eigenvalue weighted by Gasteiger charge is 2.51. The average molecular weight is 359 g/mol. The number of nitrogens with zero attached hydrogens (tertiary/aromatic N) is 1. The van der Waals surface area contributed by atoms with Crippen molar-refractivity contribution in [2.24, 2.45) is 5.41 Å². The monoisotopic (exact) mass is 359 g/mol. The minimum absolute atomic E-state index is 0.0639. The predicted molar refractivity (Wildman–Crippen MR) is 83.2 cm³/mol. The molecule has 5 nitrogen and oxygen atoms in total. The molecule has 1 saturated carbocycles. The molecule has 1 heterocycles. The molecule has 0 aromatic heterocycles. The summed E-state index contributed by atoms with van der Waals surface area (Å²) < 4.78 is 45.8. The molecule has 1 aromatic carbocycles. The number of alkyl halides is 3. The van der Waals surface area contributed by atoms with Gasteiger partial charge in [0.15, 0.2) is 0 Å².